The molecule has 25 heavy (non-hydrogen) atoms. The van der Waals surface area contributed by atoms with Crippen molar-refractivity contribution in [3.05, 3.63) is 29.8 Å². The highest BCUT2D eigenvalue weighted by Crippen LogP contribution is 2.51. The zero-order valence-corrected chi connectivity index (χ0v) is 14.0. The Morgan fingerprint density at radius 1 is 1.00 bits per heavy atom. The molecule has 2 saturated heterocycles. The van der Waals surface area contributed by atoms with E-state index in [1.165, 1.54) is 11.3 Å². The van der Waals surface area contributed by atoms with Crippen molar-refractivity contribution in [3.8, 4) is 0 Å². The van der Waals surface area contributed by atoms with E-state index < -0.39 is 17.4 Å². The minimum atomic E-state index is -1.10. The molecule has 1 saturated carbocycles. The van der Waals surface area contributed by atoms with E-state index in [9.17, 15) is 14.4 Å². The zero-order valence-electron chi connectivity index (χ0n) is 14.0. The molecule has 130 valence electrons. The van der Waals surface area contributed by atoms with Crippen molar-refractivity contribution in [1.82, 2.24) is 10.2 Å². The molecule has 3 aliphatic heterocycles. The van der Waals surface area contributed by atoms with Gasteiger partial charge in [-0.1, -0.05) is 37.5 Å². The topological polar surface area (TPSA) is 78.5 Å². The van der Waals surface area contributed by atoms with Crippen LogP contribution in [0.2, 0.25) is 0 Å². The summed E-state index contributed by atoms with van der Waals surface area (Å²) in [5.74, 6) is -1.55. The third kappa shape index (κ3) is 1.80. The van der Waals surface area contributed by atoms with Crippen molar-refractivity contribution in [3.63, 3.8) is 0 Å². The number of hydrogen-bond donors (Lipinski definition) is 2. The average molecular weight is 339 g/mol. The maximum Gasteiger partial charge on any atom is 0.250 e. The first-order valence-electron chi connectivity index (χ1n) is 9.17. The van der Waals surface area contributed by atoms with Gasteiger partial charge < -0.3 is 5.32 Å². The molecule has 1 aromatic carbocycles. The van der Waals surface area contributed by atoms with Crippen molar-refractivity contribution in [2.45, 2.75) is 43.7 Å². The first-order chi connectivity index (χ1) is 12.1. The van der Waals surface area contributed by atoms with Crippen LogP contribution in [0.25, 0.3) is 0 Å². The highest BCUT2D eigenvalue weighted by Gasteiger charge is 2.68. The van der Waals surface area contributed by atoms with Gasteiger partial charge in [-0.2, -0.15) is 0 Å². The lowest BCUT2D eigenvalue weighted by molar-refractivity contribution is -0.145. The zero-order chi connectivity index (χ0) is 17.2. The minimum absolute atomic E-state index is 0.0103. The van der Waals surface area contributed by atoms with Gasteiger partial charge in [0.2, 0.25) is 17.7 Å². The van der Waals surface area contributed by atoms with Crippen molar-refractivity contribution in [1.29, 1.82) is 0 Å². The van der Waals surface area contributed by atoms with Crippen LogP contribution < -0.4 is 10.6 Å². The number of benzene rings is 1. The lowest BCUT2D eigenvalue weighted by Crippen LogP contribution is -2.53. The maximum absolute atomic E-state index is 13.3. The van der Waals surface area contributed by atoms with Gasteiger partial charge in [-0.3, -0.25) is 24.6 Å². The van der Waals surface area contributed by atoms with Crippen molar-refractivity contribution in [2.75, 3.05) is 11.9 Å². The van der Waals surface area contributed by atoms with Crippen LogP contribution in [0.15, 0.2) is 24.3 Å². The molecule has 3 heterocycles. The molecule has 5 rings (SSSR count). The number of fused-ring (bicyclic) bond motifs is 4. The number of amides is 3. The molecular formula is C19H21N3O3. The number of carbonyl (C=O) groups excluding carboxylic acids is 3. The minimum Gasteiger partial charge on any atom is -0.324 e. The molecule has 0 aromatic heterocycles. The molecule has 0 bridgehead atoms. The normalized spacial score (nSPS) is 34.6. The van der Waals surface area contributed by atoms with Crippen LogP contribution in [-0.2, 0) is 19.9 Å². The molecule has 0 unspecified atom stereocenters. The molecule has 4 aliphatic rings. The Labute approximate surface area is 145 Å². The number of hydrogen-bond acceptors (Lipinski definition) is 4. The summed E-state index contributed by atoms with van der Waals surface area (Å²) in [6.45, 7) is 0.375. The van der Waals surface area contributed by atoms with E-state index in [4.69, 9.17) is 0 Å². The van der Waals surface area contributed by atoms with Crippen molar-refractivity contribution >= 4 is 23.4 Å². The van der Waals surface area contributed by atoms with E-state index >= 15 is 0 Å². The van der Waals surface area contributed by atoms with Crippen molar-refractivity contribution < 1.29 is 14.4 Å². The SMILES string of the molecule is O=C1[C@H]2CN[C@@]3(C(=O)Nc4ccccc43)[C@H]2C(=O)N1C1CCCCC1. The van der Waals surface area contributed by atoms with Gasteiger partial charge in [0.1, 0.15) is 5.54 Å². The van der Waals surface area contributed by atoms with E-state index in [1.54, 1.807) is 0 Å². The lowest BCUT2D eigenvalue weighted by Gasteiger charge is -2.33. The summed E-state index contributed by atoms with van der Waals surface area (Å²) in [4.78, 5) is 40.7. The number of likely N-dealkylation sites (tertiary alicyclic amines) is 1. The monoisotopic (exact) mass is 339 g/mol. The third-order valence-corrected chi connectivity index (χ3v) is 6.43. The van der Waals surface area contributed by atoms with Gasteiger partial charge in [0.15, 0.2) is 0 Å². The fourth-order valence-electron chi connectivity index (χ4n) is 5.29. The summed E-state index contributed by atoms with van der Waals surface area (Å²) in [6, 6.07) is 7.47. The van der Waals surface area contributed by atoms with Crippen LogP contribution in [0.1, 0.15) is 37.7 Å². The first-order valence-corrected chi connectivity index (χ1v) is 9.17. The van der Waals surface area contributed by atoms with Crippen molar-refractivity contribution in [2.24, 2.45) is 11.8 Å². The van der Waals surface area contributed by atoms with E-state index in [0.717, 1.165) is 36.9 Å². The summed E-state index contributed by atoms with van der Waals surface area (Å²) in [6.07, 6.45) is 5.06. The van der Waals surface area contributed by atoms with E-state index in [-0.39, 0.29) is 23.8 Å². The Morgan fingerprint density at radius 3 is 2.56 bits per heavy atom. The second-order valence-corrected chi connectivity index (χ2v) is 7.61. The third-order valence-electron chi connectivity index (χ3n) is 6.43. The number of nitrogens with one attached hydrogen (secondary N) is 2. The van der Waals surface area contributed by atoms with Gasteiger partial charge >= 0.3 is 0 Å². The molecule has 1 aliphatic carbocycles. The quantitative estimate of drug-likeness (QED) is 0.758. The Bertz CT molecular complexity index is 786. The average Bonchev–Trinajstić information content (AvgIpc) is 3.24. The Balaban J connectivity index is 1.57. The molecule has 0 radical (unpaired) electrons. The van der Waals surface area contributed by atoms with E-state index in [0.29, 0.717) is 6.54 Å². The maximum atomic E-state index is 13.3. The number of nitrogens with zero attached hydrogens (tertiary/aromatic N) is 1. The predicted octanol–water partition coefficient (Wildman–Crippen LogP) is 1.37. The van der Waals surface area contributed by atoms with Gasteiger partial charge in [0, 0.05) is 23.8 Å². The van der Waals surface area contributed by atoms with Crippen LogP contribution in [0.3, 0.4) is 0 Å². The Hall–Kier alpha value is -2.21. The van der Waals surface area contributed by atoms with Crippen LogP contribution in [0.4, 0.5) is 5.69 Å². The summed E-state index contributed by atoms with van der Waals surface area (Å²) >= 11 is 0. The lowest BCUT2D eigenvalue weighted by atomic mass is 9.77. The molecule has 3 atom stereocenters. The van der Waals surface area contributed by atoms with E-state index in [1.807, 2.05) is 24.3 Å². The molecule has 1 aromatic rings. The second-order valence-electron chi connectivity index (χ2n) is 7.61. The summed E-state index contributed by atoms with van der Waals surface area (Å²) in [5, 5.41) is 6.13. The molecule has 2 N–H and O–H groups in total. The number of para-hydroxylation sites is 1. The summed E-state index contributed by atoms with van der Waals surface area (Å²) < 4.78 is 0. The molecule has 6 nitrogen and oxygen atoms in total. The number of rotatable bonds is 1. The van der Waals surface area contributed by atoms with Crippen LogP contribution in [-0.4, -0.2) is 35.2 Å². The Kier molecular flexibility index (Phi) is 3.10. The summed E-state index contributed by atoms with van der Waals surface area (Å²) in [5.41, 5.74) is 0.424. The molecule has 3 fully saturated rings. The van der Waals surface area contributed by atoms with Crippen LogP contribution in [0, 0.1) is 11.8 Å². The standard InChI is InChI=1S/C19H21N3O3/c23-16-12-10-20-19(13-8-4-5-9-14(13)21-18(19)25)15(12)17(24)22(16)11-6-2-1-3-7-11/h4-5,8-9,11-12,15,20H,1-3,6-7,10H2,(H,21,25)/t12-,15+,19+/m0/s1. The molecular weight excluding hydrogens is 318 g/mol. The fraction of sp³-hybridized carbons (Fsp3) is 0.526. The first kappa shape index (κ1) is 15.1. The van der Waals surface area contributed by atoms with Gasteiger partial charge in [0.05, 0.1) is 11.8 Å². The molecule has 3 amide bonds. The van der Waals surface area contributed by atoms with Gasteiger partial charge in [-0.15, -0.1) is 0 Å². The van der Waals surface area contributed by atoms with Crippen LogP contribution >= 0.6 is 0 Å². The number of imide groups is 1. The number of anilines is 1. The largest absolute Gasteiger partial charge is 0.324 e. The predicted molar refractivity (Wildman–Crippen MR) is 90.5 cm³/mol. The van der Waals surface area contributed by atoms with Gasteiger partial charge in [-0.05, 0) is 18.9 Å². The van der Waals surface area contributed by atoms with Gasteiger partial charge in [-0.25, -0.2) is 0 Å². The smallest absolute Gasteiger partial charge is 0.250 e. The fourth-order valence-corrected chi connectivity index (χ4v) is 5.29. The van der Waals surface area contributed by atoms with E-state index in [2.05, 4.69) is 10.6 Å². The Morgan fingerprint density at radius 2 is 1.76 bits per heavy atom. The highest BCUT2D eigenvalue weighted by molar-refractivity contribution is 6.15. The molecule has 1 spiro atoms. The van der Waals surface area contributed by atoms with Crippen LogP contribution in [0.5, 0.6) is 0 Å². The van der Waals surface area contributed by atoms with Gasteiger partial charge in [0.25, 0.3) is 0 Å². The summed E-state index contributed by atoms with van der Waals surface area (Å²) in [7, 11) is 0. The highest BCUT2D eigenvalue weighted by atomic mass is 16.2. The number of carbonyl (C=O) groups is 3. The second kappa shape index (κ2) is 5.14. The molecule has 6 heteroatoms.